The van der Waals surface area contributed by atoms with Gasteiger partial charge in [0.2, 0.25) is 0 Å². The van der Waals surface area contributed by atoms with Crippen molar-refractivity contribution in [2.45, 2.75) is 120 Å². The molecule has 4 heterocycles. The van der Waals surface area contributed by atoms with Crippen LogP contribution < -0.4 is 5.32 Å². The number of allylic oxidation sites excluding steroid dienone is 3. The van der Waals surface area contributed by atoms with Gasteiger partial charge in [0.15, 0.2) is 18.2 Å². The lowest BCUT2D eigenvalue weighted by molar-refractivity contribution is -0.341. The second-order valence-electron chi connectivity index (χ2n) is 13.1. The maximum Gasteiger partial charge on any atom is 0.408 e. The number of hydrogen-bond acceptors (Lipinski definition) is 10. The zero-order chi connectivity index (χ0) is 33.2. The number of methoxy groups -OCH3 is 2. The number of amides is 1. The van der Waals surface area contributed by atoms with Gasteiger partial charge in [-0.2, -0.15) is 0 Å². The van der Waals surface area contributed by atoms with Crippen LogP contribution in [0.4, 0.5) is 4.79 Å². The van der Waals surface area contributed by atoms with E-state index in [-0.39, 0.29) is 35.7 Å². The SMILES string of the molecule is CO[C@H]1[C@H](O[C@H]2C[C@@]3(O)CC(=O)O[C@@H](/C=C/C=C/C#C[C@@H]4C[C@H]4Cl)C/C(C)=C/[C@@H](OC)[C@@H](C)[C@H](O3)[C@@H]2C)O[C@@H](C)[C@H]2NC(=O)O[C@H]21. The minimum atomic E-state index is -1.89. The summed E-state index contributed by atoms with van der Waals surface area (Å²) >= 11 is 6.00. The lowest BCUT2D eigenvalue weighted by Gasteiger charge is -2.49. The Morgan fingerprint density at radius 2 is 1.87 bits per heavy atom. The van der Waals surface area contributed by atoms with Gasteiger partial charge in [-0.3, -0.25) is 4.79 Å². The van der Waals surface area contributed by atoms with Crippen molar-refractivity contribution < 1.29 is 47.9 Å². The number of aliphatic hydroxyl groups is 1. The Balaban J connectivity index is 1.36. The van der Waals surface area contributed by atoms with Gasteiger partial charge in [0.1, 0.15) is 12.2 Å². The molecule has 1 aliphatic carbocycles. The summed E-state index contributed by atoms with van der Waals surface area (Å²) < 4.78 is 42.0. The first-order valence-electron chi connectivity index (χ1n) is 16.0. The Labute approximate surface area is 275 Å². The number of alkyl carbamates (subject to hydrolysis) is 1. The van der Waals surface area contributed by atoms with Crippen molar-refractivity contribution in [3.05, 3.63) is 36.0 Å². The van der Waals surface area contributed by atoms with Crippen molar-refractivity contribution in [2.24, 2.45) is 17.8 Å². The van der Waals surface area contributed by atoms with E-state index in [1.807, 2.05) is 33.8 Å². The first-order chi connectivity index (χ1) is 21.9. The quantitative estimate of drug-likeness (QED) is 0.142. The number of nitrogens with one attached hydrogen (secondary N) is 1. The smallest absolute Gasteiger partial charge is 0.408 e. The zero-order valence-electron chi connectivity index (χ0n) is 27.2. The Morgan fingerprint density at radius 3 is 2.57 bits per heavy atom. The number of alkyl halides is 1. The molecule has 4 aliphatic heterocycles. The molecule has 0 unspecified atom stereocenters. The molecule has 0 aromatic rings. The molecule has 3 saturated heterocycles. The van der Waals surface area contributed by atoms with Crippen molar-refractivity contribution in [1.82, 2.24) is 5.32 Å². The van der Waals surface area contributed by atoms with Gasteiger partial charge in [0.05, 0.1) is 36.9 Å². The van der Waals surface area contributed by atoms with Crippen LogP contribution in [-0.4, -0.2) is 97.6 Å². The summed E-state index contributed by atoms with van der Waals surface area (Å²) in [5.74, 6) is 3.37. The van der Waals surface area contributed by atoms with E-state index in [1.165, 1.54) is 7.11 Å². The number of esters is 1. The lowest BCUT2D eigenvalue weighted by Crippen LogP contribution is -2.62. The Kier molecular flexibility index (Phi) is 11.2. The van der Waals surface area contributed by atoms with E-state index in [1.54, 1.807) is 31.4 Å². The highest BCUT2D eigenvalue weighted by molar-refractivity contribution is 6.22. The van der Waals surface area contributed by atoms with Gasteiger partial charge in [0, 0.05) is 50.2 Å². The number of halogens is 1. The molecule has 0 radical (unpaired) electrons. The van der Waals surface area contributed by atoms with Crippen molar-refractivity contribution in [3.8, 4) is 11.8 Å². The number of rotatable bonds is 6. The van der Waals surface area contributed by atoms with Crippen LogP contribution in [0.5, 0.6) is 0 Å². The monoisotopic (exact) mass is 663 g/mol. The third kappa shape index (κ3) is 8.16. The molecule has 1 saturated carbocycles. The summed E-state index contributed by atoms with van der Waals surface area (Å²) in [5, 5.41) is 14.7. The summed E-state index contributed by atoms with van der Waals surface area (Å²) in [6.07, 6.45) is 4.74. The topological polar surface area (TPSA) is 131 Å². The summed E-state index contributed by atoms with van der Waals surface area (Å²) in [5.41, 5.74) is 0.973. The van der Waals surface area contributed by atoms with Crippen LogP contribution in [0, 0.1) is 29.6 Å². The molecule has 12 heteroatoms. The molecule has 5 aliphatic rings. The van der Waals surface area contributed by atoms with Crippen molar-refractivity contribution in [2.75, 3.05) is 14.2 Å². The van der Waals surface area contributed by atoms with E-state index >= 15 is 0 Å². The van der Waals surface area contributed by atoms with Gasteiger partial charge in [-0.25, -0.2) is 4.79 Å². The summed E-state index contributed by atoms with van der Waals surface area (Å²) in [7, 11) is 3.14. The van der Waals surface area contributed by atoms with Crippen LogP contribution in [0.3, 0.4) is 0 Å². The molecule has 0 aromatic heterocycles. The first-order valence-corrected chi connectivity index (χ1v) is 16.4. The van der Waals surface area contributed by atoms with Crippen LogP contribution in [-0.2, 0) is 38.0 Å². The Hall–Kier alpha value is -2.43. The van der Waals surface area contributed by atoms with Crippen LogP contribution in [0.2, 0.25) is 0 Å². The van der Waals surface area contributed by atoms with E-state index in [9.17, 15) is 14.7 Å². The number of fused-ring (bicyclic) bond motifs is 3. The molecule has 254 valence electrons. The second-order valence-corrected chi connectivity index (χ2v) is 13.6. The maximum atomic E-state index is 13.3. The van der Waals surface area contributed by atoms with E-state index in [0.29, 0.717) is 6.42 Å². The Morgan fingerprint density at radius 1 is 1.11 bits per heavy atom. The van der Waals surface area contributed by atoms with Crippen LogP contribution in [0.15, 0.2) is 36.0 Å². The predicted molar refractivity (Wildman–Crippen MR) is 167 cm³/mol. The molecule has 0 aromatic carbocycles. The van der Waals surface area contributed by atoms with E-state index in [2.05, 4.69) is 17.2 Å². The summed E-state index contributed by atoms with van der Waals surface area (Å²) in [4.78, 5) is 25.3. The van der Waals surface area contributed by atoms with Crippen LogP contribution >= 0.6 is 11.6 Å². The lowest BCUT2D eigenvalue weighted by atomic mass is 9.79. The fourth-order valence-corrected chi connectivity index (χ4v) is 7.04. The summed E-state index contributed by atoms with van der Waals surface area (Å²) in [6, 6.07) is -0.390. The molecule has 0 spiro atoms. The molecule has 4 fully saturated rings. The van der Waals surface area contributed by atoms with Gasteiger partial charge >= 0.3 is 12.1 Å². The molecule has 5 rings (SSSR count). The first kappa shape index (κ1) is 34.9. The van der Waals surface area contributed by atoms with Crippen molar-refractivity contribution >= 4 is 23.7 Å². The van der Waals surface area contributed by atoms with E-state index in [4.69, 9.17) is 44.8 Å². The third-order valence-corrected chi connectivity index (χ3v) is 9.95. The van der Waals surface area contributed by atoms with Crippen molar-refractivity contribution in [1.29, 1.82) is 0 Å². The van der Waals surface area contributed by atoms with Gasteiger partial charge in [0.25, 0.3) is 0 Å². The number of ether oxygens (including phenoxy) is 7. The Bertz CT molecular complexity index is 1280. The fraction of sp³-hybridized carbons (Fsp3) is 0.706. The van der Waals surface area contributed by atoms with E-state index in [0.717, 1.165) is 12.0 Å². The molecule has 14 atom stereocenters. The van der Waals surface area contributed by atoms with E-state index < -0.39 is 73.2 Å². The van der Waals surface area contributed by atoms with Crippen LogP contribution in [0.1, 0.15) is 53.4 Å². The van der Waals surface area contributed by atoms with Crippen molar-refractivity contribution in [3.63, 3.8) is 0 Å². The standard InChI is InChI=1S/C34H46ClNO10/c1-18-13-23(12-10-8-7-9-11-22-15-24(22)35)43-27(37)17-34(39)16-26(20(3)29(46-34)19(2)25(14-18)40-5)44-32-31(41-6)30-28(21(4)42-32)36-33(38)45-30/h7-8,10,12,14,19-26,28-32,39H,13,15-17H2,1-6H3,(H,36,38)/b8-7+,12-10+,18-14+/t19-,20-,21+,22-,23+,24-,25-,26+,28-,29+,30-,31-,32+,34+/m1/s1. The highest BCUT2D eigenvalue weighted by atomic mass is 35.5. The predicted octanol–water partition coefficient (Wildman–Crippen LogP) is 3.77. The number of hydrogen-bond donors (Lipinski definition) is 2. The average Bonchev–Trinajstić information content (AvgIpc) is 3.55. The van der Waals surface area contributed by atoms with Gasteiger partial charge in [-0.05, 0) is 32.4 Å². The molecular weight excluding hydrogens is 618 g/mol. The number of carbonyl (C=O) groups excluding carboxylic acids is 2. The highest BCUT2D eigenvalue weighted by Crippen LogP contribution is 2.42. The second kappa shape index (κ2) is 14.8. The van der Waals surface area contributed by atoms with Crippen LogP contribution in [0.25, 0.3) is 0 Å². The molecule has 46 heavy (non-hydrogen) atoms. The molecule has 11 nitrogen and oxygen atoms in total. The zero-order valence-corrected chi connectivity index (χ0v) is 28.0. The van der Waals surface area contributed by atoms with Gasteiger partial charge < -0.3 is 43.6 Å². The maximum absolute atomic E-state index is 13.3. The minimum Gasteiger partial charge on any atom is -0.458 e. The third-order valence-electron chi connectivity index (χ3n) is 9.47. The number of carbonyl (C=O) groups is 2. The number of cyclic esters (lactones) is 1. The summed E-state index contributed by atoms with van der Waals surface area (Å²) in [6.45, 7) is 7.77. The fourth-order valence-electron chi connectivity index (χ4n) is 6.79. The molecule has 2 N–H and O–H groups in total. The largest absolute Gasteiger partial charge is 0.458 e. The van der Waals surface area contributed by atoms with Gasteiger partial charge in [-0.1, -0.05) is 49.5 Å². The normalized spacial score (nSPS) is 45.7. The molecular formula is C34H46ClNO10. The highest BCUT2D eigenvalue weighted by Gasteiger charge is 2.55. The van der Waals surface area contributed by atoms with Gasteiger partial charge in [-0.15, -0.1) is 11.6 Å². The molecule has 1 amide bonds. The average molecular weight is 664 g/mol. The molecule has 2 bridgehead atoms. The minimum absolute atomic E-state index is 0.0259.